The normalized spacial score (nSPS) is 13.3. The molecule has 0 atom stereocenters. The lowest BCUT2D eigenvalue weighted by atomic mass is 9.72. The quantitative estimate of drug-likeness (QED) is 0.119. The summed E-state index contributed by atoms with van der Waals surface area (Å²) in [6.07, 6.45) is 2.16. The van der Waals surface area contributed by atoms with Crippen LogP contribution in [0.3, 0.4) is 0 Å². The van der Waals surface area contributed by atoms with Gasteiger partial charge in [0.1, 0.15) is 11.2 Å². The average molecular weight is 804 g/mol. The standard InChI is InChI=1S/C56H53NO4/c1-53(2,3)30-55(7,8)32-11-15-34(16-12-32)57(35-17-13-33(14-18-35)56(9,10)31-54(4,5)6)36-19-20-37-38-21-22-41-39-23-25-43-49-44(52(59)61-51(43)58)26-24-40(47(39)49)42-27-28-45(50(38)48(41)42)60-46(37)29-36/h11-29H,30-31H2,1-10H3. The molecule has 0 saturated heterocycles. The van der Waals surface area contributed by atoms with Gasteiger partial charge in [-0.25, -0.2) is 9.59 Å². The SMILES string of the molecule is CC(C)(C)CC(C)(C)c1ccc(N(c2ccc(C(C)(C)CC(C)(C)C)cc2)c2ccc3c(c2)oc2ccc4c5ccc6c(=O)oc(=O)c7ccc(c8ccc3c2c48)c5c67)cc1. The summed E-state index contributed by atoms with van der Waals surface area (Å²) in [5.41, 5.74) is 6.70. The second-order valence-corrected chi connectivity index (χ2v) is 21.2. The zero-order chi connectivity index (χ0) is 43.0. The van der Waals surface area contributed by atoms with Crippen molar-refractivity contribution in [2.75, 3.05) is 4.90 Å². The summed E-state index contributed by atoms with van der Waals surface area (Å²) in [6.45, 7) is 23.3. The maximum Gasteiger partial charge on any atom is 0.346 e. The highest BCUT2D eigenvalue weighted by molar-refractivity contribution is 6.40. The molecule has 10 aromatic rings. The number of hydrogen-bond donors (Lipinski definition) is 0. The van der Waals surface area contributed by atoms with Crippen LogP contribution in [0.15, 0.2) is 134 Å². The number of hydrogen-bond acceptors (Lipinski definition) is 5. The van der Waals surface area contributed by atoms with E-state index in [9.17, 15) is 9.59 Å². The molecule has 2 heterocycles. The van der Waals surface area contributed by atoms with E-state index in [-0.39, 0.29) is 21.7 Å². The Balaban J connectivity index is 1.14. The molecule has 306 valence electrons. The van der Waals surface area contributed by atoms with E-state index >= 15 is 0 Å². The molecule has 0 aliphatic heterocycles. The summed E-state index contributed by atoms with van der Waals surface area (Å²) in [4.78, 5) is 28.0. The number of fused-ring (bicyclic) bond motifs is 4. The molecule has 8 aromatic carbocycles. The van der Waals surface area contributed by atoms with Crippen LogP contribution >= 0.6 is 0 Å². The van der Waals surface area contributed by atoms with Crippen LogP contribution in [0.1, 0.15) is 93.2 Å². The third kappa shape index (κ3) is 6.35. The van der Waals surface area contributed by atoms with E-state index in [0.717, 1.165) is 89.5 Å². The van der Waals surface area contributed by atoms with Crippen LogP contribution in [0.4, 0.5) is 17.1 Å². The number of rotatable bonds is 7. The minimum atomic E-state index is -0.602. The molecular weight excluding hydrogens is 751 g/mol. The highest BCUT2D eigenvalue weighted by atomic mass is 16.4. The lowest BCUT2D eigenvalue weighted by molar-refractivity contribution is 0.283. The fourth-order valence-corrected chi connectivity index (χ4v) is 11.2. The van der Waals surface area contributed by atoms with E-state index in [2.05, 4.69) is 165 Å². The number of benzene rings is 8. The molecule has 0 bridgehead atoms. The van der Waals surface area contributed by atoms with Crippen molar-refractivity contribution >= 4 is 92.9 Å². The van der Waals surface area contributed by atoms with Crippen molar-refractivity contribution in [2.45, 2.75) is 92.9 Å². The van der Waals surface area contributed by atoms with Gasteiger partial charge < -0.3 is 13.7 Å². The lowest BCUT2D eigenvalue weighted by Crippen LogP contribution is -2.25. The van der Waals surface area contributed by atoms with Crippen LogP contribution < -0.4 is 16.2 Å². The number of nitrogens with zero attached hydrogens (tertiary/aromatic N) is 1. The second-order valence-electron chi connectivity index (χ2n) is 21.2. The third-order valence-electron chi connectivity index (χ3n) is 13.0. The third-order valence-corrected chi connectivity index (χ3v) is 13.0. The fraction of sp³-hybridized carbons (Fsp3) is 0.286. The van der Waals surface area contributed by atoms with Crippen LogP contribution in [-0.2, 0) is 10.8 Å². The van der Waals surface area contributed by atoms with Crippen molar-refractivity contribution in [3.8, 4) is 0 Å². The first-order valence-electron chi connectivity index (χ1n) is 21.6. The molecule has 5 heteroatoms. The van der Waals surface area contributed by atoms with Crippen molar-refractivity contribution in [3.05, 3.63) is 147 Å². The molecule has 0 spiro atoms. The molecule has 0 aliphatic carbocycles. The van der Waals surface area contributed by atoms with E-state index in [1.807, 2.05) is 12.1 Å². The van der Waals surface area contributed by atoms with Crippen molar-refractivity contribution in [3.63, 3.8) is 0 Å². The Morgan fingerprint density at radius 2 is 0.738 bits per heavy atom. The van der Waals surface area contributed by atoms with Gasteiger partial charge in [-0.2, -0.15) is 0 Å². The Morgan fingerprint density at radius 3 is 1.20 bits per heavy atom. The number of anilines is 3. The fourth-order valence-electron chi connectivity index (χ4n) is 11.2. The maximum absolute atomic E-state index is 12.8. The van der Waals surface area contributed by atoms with Gasteiger partial charge in [-0.15, -0.1) is 0 Å². The van der Waals surface area contributed by atoms with Crippen molar-refractivity contribution in [1.29, 1.82) is 0 Å². The highest BCUT2D eigenvalue weighted by Crippen LogP contribution is 2.48. The van der Waals surface area contributed by atoms with Crippen molar-refractivity contribution in [2.24, 2.45) is 10.8 Å². The average Bonchev–Trinajstić information content (AvgIpc) is 3.18. The summed E-state index contributed by atoms with van der Waals surface area (Å²) < 4.78 is 12.0. The Hall–Kier alpha value is -6.20. The molecule has 0 N–H and O–H groups in total. The molecule has 61 heavy (non-hydrogen) atoms. The highest BCUT2D eigenvalue weighted by Gasteiger charge is 2.30. The molecule has 10 rings (SSSR count). The largest absolute Gasteiger partial charge is 0.456 e. The van der Waals surface area contributed by atoms with E-state index in [1.165, 1.54) is 11.1 Å². The first-order chi connectivity index (χ1) is 28.8. The minimum absolute atomic E-state index is 0.0257. The predicted octanol–water partition coefficient (Wildman–Crippen LogP) is 15.4. The zero-order valence-electron chi connectivity index (χ0n) is 37.0. The lowest BCUT2D eigenvalue weighted by Gasteiger charge is -2.34. The molecule has 0 saturated carbocycles. The van der Waals surface area contributed by atoms with Gasteiger partial charge in [-0.1, -0.05) is 118 Å². The maximum atomic E-state index is 12.8. The van der Waals surface area contributed by atoms with Crippen LogP contribution in [0.2, 0.25) is 0 Å². The minimum Gasteiger partial charge on any atom is -0.456 e. The summed E-state index contributed by atoms with van der Waals surface area (Å²) in [5.74, 6) is 0. The molecule has 2 aromatic heterocycles. The van der Waals surface area contributed by atoms with E-state index in [4.69, 9.17) is 8.83 Å². The monoisotopic (exact) mass is 803 g/mol. The molecule has 0 radical (unpaired) electrons. The van der Waals surface area contributed by atoms with E-state index < -0.39 is 11.3 Å². The van der Waals surface area contributed by atoms with Gasteiger partial charge in [0, 0.05) is 44.7 Å². The van der Waals surface area contributed by atoms with Gasteiger partial charge >= 0.3 is 11.3 Å². The van der Waals surface area contributed by atoms with Gasteiger partial charge in [0.05, 0.1) is 10.8 Å². The molecule has 0 aliphatic rings. The Morgan fingerprint density at radius 1 is 0.377 bits per heavy atom. The summed E-state index contributed by atoms with van der Waals surface area (Å²) in [5, 5.41) is 10.8. The summed E-state index contributed by atoms with van der Waals surface area (Å²) >= 11 is 0. The van der Waals surface area contributed by atoms with Crippen molar-refractivity contribution < 1.29 is 8.83 Å². The summed E-state index contributed by atoms with van der Waals surface area (Å²) in [6, 6.07) is 41.0. The zero-order valence-corrected chi connectivity index (χ0v) is 37.0. The Bertz CT molecular complexity index is 3310. The topological polar surface area (TPSA) is 63.7 Å². The van der Waals surface area contributed by atoms with Gasteiger partial charge in [0.25, 0.3) is 0 Å². The molecular formula is C56H53NO4. The summed E-state index contributed by atoms with van der Waals surface area (Å²) in [7, 11) is 0. The molecule has 0 fully saturated rings. The van der Waals surface area contributed by atoms with Crippen LogP contribution in [-0.4, -0.2) is 0 Å². The first-order valence-corrected chi connectivity index (χ1v) is 21.6. The Kier molecular flexibility index (Phi) is 8.40. The van der Waals surface area contributed by atoms with Crippen LogP contribution in [0.25, 0.3) is 75.8 Å². The Labute approximate surface area is 356 Å². The van der Waals surface area contributed by atoms with Crippen molar-refractivity contribution in [1.82, 2.24) is 0 Å². The smallest absolute Gasteiger partial charge is 0.346 e. The van der Waals surface area contributed by atoms with Crippen LogP contribution in [0, 0.1) is 10.8 Å². The van der Waals surface area contributed by atoms with Gasteiger partial charge in [0.15, 0.2) is 0 Å². The van der Waals surface area contributed by atoms with Gasteiger partial charge in [0.2, 0.25) is 0 Å². The van der Waals surface area contributed by atoms with Crippen LogP contribution in [0.5, 0.6) is 0 Å². The molecule has 5 nitrogen and oxygen atoms in total. The molecule has 0 amide bonds. The van der Waals surface area contributed by atoms with E-state index in [0.29, 0.717) is 16.2 Å². The van der Waals surface area contributed by atoms with Gasteiger partial charge in [-0.05, 0) is 139 Å². The molecule has 0 unspecified atom stereocenters. The predicted molar refractivity (Wildman–Crippen MR) is 257 cm³/mol. The first kappa shape index (κ1) is 39.0. The second kappa shape index (κ2) is 13.1. The van der Waals surface area contributed by atoms with Gasteiger partial charge in [-0.3, -0.25) is 0 Å². The van der Waals surface area contributed by atoms with E-state index in [1.54, 1.807) is 12.1 Å².